The van der Waals surface area contributed by atoms with Gasteiger partial charge in [-0.15, -0.1) is 10.2 Å². The molecule has 4 fully saturated rings. The third-order valence-electron chi connectivity index (χ3n) is 9.74. The number of piperidine rings is 1. The lowest BCUT2D eigenvalue weighted by atomic mass is 9.74. The molecular weight excluding hydrogens is 602 g/mol. The van der Waals surface area contributed by atoms with Gasteiger partial charge in [-0.3, -0.25) is 4.40 Å². The first kappa shape index (κ1) is 29.4. The zero-order chi connectivity index (χ0) is 30.4. The topological polar surface area (TPSA) is 120 Å². The molecule has 11 nitrogen and oxygen atoms in total. The van der Waals surface area contributed by atoms with E-state index in [-0.39, 0.29) is 27.5 Å². The second kappa shape index (κ2) is 10.1. The monoisotopic (exact) mass is 638 g/mol. The van der Waals surface area contributed by atoms with Gasteiger partial charge >= 0.3 is 0 Å². The zero-order valence-corrected chi connectivity index (χ0v) is 26.2. The smallest absolute Gasteiger partial charge is 0.291 e. The Hall–Kier alpha value is -2.30. The molecule has 1 N–H and O–H groups in total. The molecule has 2 aliphatic carbocycles. The summed E-state index contributed by atoms with van der Waals surface area (Å²) in [6.07, 6.45) is 3.23. The largest absolute Gasteiger partial charge is 0.378 e. The molecule has 2 saturated carbocycles. The maximum absolute atomic E-state index is 13.8. The molecule has 2 aliphatic heterocycles. The highest BCUT2D eigenvalue weighted by Gasteiger charge is 2.52. The first-order valence-electron chi connectivity index (χ1n) is 14.6. The number of nitrogens with one attached hydrogen (secondary N) is 1. The Morgan fingerprint density at radius 3 is 2.44 bits per heavy atom. The summed E-state index contributed by atoms with van der Waals surface area (Å²) in [7, 11) is -0.601. The standard InChI is InChI=1S/C28H36F2N6O5S2/c1-16-21(39-3)27(15-41-16)9-11-35(12-10-27)18-13-17(43(37,38)34-26(2)5-6-26)14-36-19(24-32-33-25(42-24)22(29)30)20(31-23(18)36)28(40-4)7-8-28/h13-14,16,21-22,34H,5-12,15H2,1-4H3/t16-,21?/m0/s1. The van der Waals surface area contributed by atoms with Gasteiger partial charge in [-0.25, -0.2) is 26.9 Å². The highest BCUT2D eigenvalue weighted by atomic mass is 32.2. The lowest BCUT2D eigenvalue weighted by Gasteiger charge is -2.42. The van der Waals surface area contributed by atoms with Crippen molar-refractivity contribution < 1.29 is 31.4 Å². The van der Waals surface area contributed by atoms with Gasteiger partial charge in [-0.05, 0) is 58.4 Å². The van der Waals surface area contributed by atoms with Crippen LogP contribution in [0, 0.1) is 5.41 Å². The number of halogens is 2. The molecule has 0 amide bonds. The molecule has 5 heterocycles. The van der Waals surface area contributed by atoms with Crippen molar-refractivity contribution >= 4 is 32.7 Å². The van der Waals surface area contributed by atoms with Crippen molar-refractivity contribution in [2.75, 3.05) is 38.8 Å². The number of fused-ring (bicyclic) bond motifs is 1. The molecule has 4 aliphatic rings. The fourth-order valence-electron chi connectivity index (χ4n) is 6.78. The van der Waals surface area contributed by atoms with E-state index < -0.39 is 32.6 Å². The SMILES string of the molecule is COC1[C@H](C)OCC12CCN(c1cc(S(=O)(=O)NC3(C)CC3)cn3c(-c4nnc(C(F)F)s4)c(C4(OC)CC4)nc13)CC2. The van der Waals surface area contributed by atoms with Crippen LogP contribution in [-0.2, 0) is 29.8 Å². The molecule has 2 atom stereocenters. The van der Waals surface area contributed by atoms with E-state index in [1.807, 2.05) is 13.8 Å². The molecule has 234 valence electrons. The highest BCUT2D eigenvalue weighted by molar-refractivity contribution is 7.89. The number of imidazole rings is 1. The summed E-state index contributed by atoms with van der Waals surface area (Å²) in [4.78, 5) is 7.28. The number of hydrogen-bond acceptors (Lipinski definition) is 10. The van der Waals surface area contributed by atoms with Crippen molar-refractivity contribution in [3.8, 4) is 10.7 Å². The number of alkyl halides is 2. The van der Waals surface area contributed by atoms with Gasteiger partial charge in [0.15, 0.2) is 15.7 Å². The van der Waals surface area contributed by atoms with Gasteiger partial charge in [0.25, 0.3) is 6.43 Å². The lowest BCUT2D eigenvalue weighted by Crippen LogP contribution is -2.47. The summed E-state index contributed by atoms with van der Waals surface area (Å²) < 4.78 is 77.0. The number of ether oxygens (including phenoxy) is 3. The number of hydrogen-bond donors (Lipinski definition) is 1. The van der Waals surface area contributed by atoms with Crippen molar-refractivity contribution in [3.05, 3.63) is 23.0 Å². The molecule has 43 heavy (non-hydrogen) atoms. The zero-order valence-electron chi connectivity index (χ0n) is 24.6. The fourth-order valence-corrected chi connectivity index (χ4v) is 9.00. The van der Waals surface area contributed by atoms with Crippen LogP contribution in [0.25, 0.3) is 16.3 Å². The summed E-state index contributed by atoms with van der Waals surface area (Å²) >= 11 is 0.777. The summed E-state index contributed by atoms with van der Waals surface area (Å²) in [5, 5.41) is 7.66. The maximum Gasteiger partial charge on any atom is 0.291 e. The van der Waals surface area contributed by atoms with Crippen LogP contribution < -0.4 is 9.62 Å². The number of methoxy groups -OCH3 is 2. The molecule has 3 aromatic rings. The molecule has 7 rings (SSSR count). The number of aromatic nitrogens is 4. The third kappa shape index (κ3) is 4.86. The number of rotatable bonds is 9. The Kier molecular flexibility index (Phi) is 6.91. The summed E-state index contributed by atoms with van der Waals surface area (Å²) in [6, 6.07) is 1.68. The minimum atomic E-state index is -3.92. The molecule has 2 saturated heterocycles. The van der Waals surface area contributed by atoms with E-state index in [0.29, 0.717) is 55.3 Å². The minimum Gasteiger partial charge on any atom is -0.378 e. The van der Waals surface area contributed by atoms with Gasteiger partial charge in [-0.1, -0.05) is 11.3 Å². The van der Waals surface area contributed by atoms with E-state index in [9.17, 15) is 17.2 Å². The number of pyridine rings is 1. The van der Waals surface area contributed by atoms with E-state index in [1.165, 1.54) is 6.20 Å². The van der Waals surface area contributed by atoms with Gasteiger partial charge in [0.1, 0.15) is 21.9 Å². The van der Waals surface area contributed by atoms with Crippen LogP contribution in [0.3, 0.4) is 0 Å². The van der Waals surface area contributed by atoms with Crippen molar-refractivity contribution in [3.63, 3.8) is 0 Å². The van der Waals surface area contributed by atoms with Crippen LogP contribution in [0.1, 0.15) is 69.5 Å². The Balaban J connectivity index is 1.38. The van der Waals surface area contributed by atoms with Gasteiger partial charge < -0.3 is 19.1 Å². The Morgan fingerprint density at radius 1 is 1.14 bits per heavy atom. The number of nitrogens with zero attached hydrogens (tertiary/aromatic N) is 5. The Bertz CT molecular complexity index is 1660. The van der Waals surface area contributed by atoms with E-state index in [1.54, 1.807) is 24.7 Å². The van der Waals surface area contributed by atoms with Crippen molar-refractivity contribution in [2.45, 2.75) is 87.0 Å². The Labute approximate surface area is 253 Å². The first-order chi connectivity index (χ1) is 20.4. The van der Waals surface area contributed by atoms with Crippen LogP contribution >= 0.6 is 11.3 Å². The molecule has 15 heteroatoms. The second-order valence-corrected chi connectivity index (χ2v) is 15.4. The van der Waals surface area contributed by atoms with E-state index in [0.717, 1.165) is 37.0 Å². The average Bonchev–Trinajstić information content (AvgIpc) is 3.76. The van der Waals surface area contributed by atoms with Crippen molar-refractivity contribution in [1.29, 1.82) is 0 Å². The van der Waals surface area contributed by atoms with Crippen LogP contribution in [0.2, 0.25) is 0 Å². The van der Waals surface area contributed by atoms with E-state index in [4.69, 9.17) is 19.2 Å². The molecule has 1 unspecified atom stereocenters. The van der Waals surface area contributed by atoms with Crippen LogP contribution in [0.5, 0.6) is 0 Å². The molecule has 3 aromatic heterocycles. The normalized spacial score (nSPS) is 25.7. The third-order valence-corrected chi connectivity index (χ3v) is 12.3. The molecule has 0 radical (unpaired) electrons. The predicted octanol–water partition coefficient (Wildman–Crippen LogP) is 4.28. The lowest BCUT2D eigenvalue weighted by molar-refractivity contribution is -0.0129. The first-order valence-corrected chi connectivity index (χ1v) is 16.9. The maximum atomic E-state index is 13.8. The molecule has 1 spiro atoms. The minimum absolute atomic E-state index is 0.00202. The summed E-state index contributed by atoms with van der Waals surface area (Å²) in [5.41, 5.74) is 0.846. The van der Waals surface area contributed by atoms with Crippen molar-refractivity contribution in [2.24, 2.45) is 5.41 Å². The predicted molar refractivity (Wildman–Crippen MR) is 155 cm³/mol. The van der Waals surface area contributed by atoms with E-state index >= 15 is 0 Å². The molecule has 0 bridgehead atoms. The van der Waals surface area contributed by atoms with Gasteiger partial charge in [0.2, 0.25) is 10.0 Å². The number of sulfonamides is 1. The van der Waals surface area contributed by atoms with Crippen LogP contribution in [0.15, 0.2) is 17.2 Å². The highest BCUT2D eigenvalue weighted by Crippen LogP contribution is 2.53. The van der Waals surface area contributed by atoms with Gasteiger partial charge in [-0.2, -0.15) is 0 Å². The van der Waals surface area contributed by atoms with Crippen LogP contribution in [0.4, 0.5) is 14.5 Å². The van der Waals surface area contributed by atoms with Crippen molar-refractivity contribution in [1.82, 2.24) is 24.3 Å². The fraction of sp³-hybridized carbons (Fsp3) is 0.679. The Morgan fingerprint density at radius 2 is 1.86 bits per heavy atom. The number of anilines is 1. The van der Waals surface area contributed by atoms with E-state index in [2.05, 4.69) is 19.8 Å². The molecular formula is C28H36F2N6O5S2. The summed E-state index contributed by atoms with van der Waals surface area (Å²) in [5.74, 6) is 0. The quantitative estimate of drug-likeness (QED) is 0.366. The molecule has 0 aromatic carbocycles. The van der Waals surface area contributed by atoms with Gasteiger partial charge in [0.05, 0.1) is 24.5 Å². The second-order valence-electron chi connectivity index (χ2n) is 12.7. The average molecular weight is 639 g/mol. The van der Waals surface area contributed by atoms with Gasteiger partial charge in [0, 0.05) is 44.5 Å². The summed E-state index contributed by atoms with van der Waals surface area (Å²) in [6.45, 7) is 5.81. The van der Waals surface area contributed by atoms with Crippen LogP contribution in [-0.4, -0.2) is 79.7 Å².